The second kappa shape index (κ2) is 12.1. The largest absolute Gasteiger partial charge is 0.462 e. The van der Waals surface area contributed by atoms with Crippen molar-refractivity contribution in [3.05, 3.63) is 23.3 Å². The Morgan fingerprint density at radius 1 is 0.978 bits per heavy atom. The summed E-state index contributed by atoms with van der Waals surface area (Å²) in [7, 11) is 3.62. The number of ketones is 2. The number of carbonyl (C=O) groups is 4. The number of allylic oxidation sites excluding steroid dienone is 3. The summed E-state index contributed by atoms with van der Waals surface area (Å²) in [6, 6.07) is 0. The Hall–Kier alpha value is -2.77. The average Bonchev–Trinajstić information content (AvgIpc) is 3.17. The smallest absolute Gasteiger partial charge is 0.303 e. The number of hydrogen-bond donors (Lipinski definition) is 0. The van der Waals surface area contributed by atoms with E-state index in [1.54, 1.807) is 18.1 Å². The summed E-state index contributed by atoms with van der Waals surface area (Å²) in [5.41, 5.74) is 0.499. The fraction of sp³-hybridized carbons (Fsp3) is 0.757. The van der Waals surface area contributed by atoms with Crippen molar-refractivity contribution in [1.29, 1.82) is 0 Å². The highest BCUT2D eigenvalue weighted by molar-refractivity contribution is 6.04. The Morgan fingerprint density at radius 3 is 2.18 bits per heavy atom. The molecule has 0 spiro atoms. The summed E-state index contributed by atoms with van der Waals surface area (Å²) >= 11 is 0. The minimum absolute atomic E-state index is 0.00190. The Kier molecular flexibility index (Phi) is 9.44. The van der Waals surface area contributed by atoms with Crippen LogP contribution in [0.25, 0.3) is 0 Å². The Bertz CT molecular complexity index is 1330. The third-order valence-corrected chi connectivity index (χ3v) is 13.5. The minimum atomic E-state index is -1.03. The molecule has 0 N–H and O–H groups in total. The molecule has 0 saturated heterocycles. The highest BCUT2D eigenvalue weighted by atomic mass is 16.6. The Labute approximate surface area is 270 Å². The van der Waals surface area contributed by atoms with Gasteiger partial charge < -0.3 is 14.5 Å². The van der Waals surface area contributed by atoms with Crippen molar-refractivity contribution in [3.63, 3.8) is 0 Å². The fourth-order valence-corrected chi connectivity index (χ4v) is 10.7. The predicted octanol–water partition coefficient (Wildman–Crippen LogP) is 6.58. The summed E-state index contributed by atoms with van der Waals surface area (Å²) in [5, 5.41) is 5.94. The van der Waals surface area contributed by atoms with Gasteiger partial charge in [-0.15, -0.1) is 0 Å². The van der Waals surface area contributed by atoms with E-state index in [0.29, 0.717) is 29.4 Å². The van der Waals surface area contributed by atoms with Crippen LogP contribution in [-0.4, -0.2) is 61.0 Å². The maximum absolute atomic E-state index is 14.1. The lowest BCUT2D eigenvalue weighted by atomic mass is 9.35. The summed E-state index contributed by atoms with van der Waals surface area (Å²) in [6.45, 7) is 19.9. The van der Waals surface area contributed by atoms with Gasteiger partial charge in [0.1, 0.15) is 6.10 Å². The van der Waals surface area contributed by atoms with Crippen molar-refractivity contribution in [1.82, 2.24) is 5.01 Å². The number of ether oxygens (including phenoxy) is 2. The molecule has 11 atom stereocenters. The van der Waals surface area contributed by atoms with Gasteiger partial charge in [0.25, 0.3) is 0 Å². The zero-order chi connectivity index (χ0) is 33.9. The van der Waals surface area contributed by atoms with E-state index in [2.05, 4.69) is 45.8 Å². The van der Waals surface area contributed by atoms with Crippen LogP contribution in [0.3, 0.4) is 0 Å². The first-order valence-corrected chi connectivity index (χ1v) is 16.8. The van der Waals surface area contributed by atoms with Gasteiger partial charge in [-0.3, -0.25) is 19.2 Å². The molecule has 0 radical (unpaired) electrons. The number of rotatable bonds is 8. The van der Waals surface area contributed by atoms with Gasteiger partial charge in [0.05, 0.1) is 6.21 Å². The third kappa shape index (κ3) is 5.52. The maximum atomic E-state index is 14.1. The molecule has 0 unspecified atom stereocenters. The lowest BCUT2D eigenvalue weighted by molar-refractivity contribution is -0.198. The molecular weight excluding hydrogens is 568 g/mol. The van der Waals surface area contributed by atoms with Crippen molar-refractivity contribution in [3.8, 4) is 0 Å². The first-order valence-electron chi connectivity index (χ1n) is 16.8. The van der Waals surface area contributed by atoms with Crippen molar-refractivity contribution < 1.29 is 28.7 Å². The van der Waals surface area contributed by atoms with Crippen LogP contribution in [-0.2, 0) is 28.7 Å². The molecule has 250 valence electrons. The lowest BCUT2D eigenvalue weighted by Crippen LogP contribution is -2.63. The number of hydrazone groups is 1. The molecule has 0 aromatic heterocycles. The number of Topliss-reactive ketones (excluding diaryl/α,β-unsaturated/α-hetero) is 1. The van der Waals surface area contributed by atoms with Gasteiger partial charge in [-0.1, -0.05) is 47.6 Å². The molecule has 8 heteroatoms. The van der Waals surface area contributed by atoms with E-state index in [0.717, 1.165) is 25.7 Å². The van der Waals surface area contributed by atoms with Gasteiger partial charge in [-0.25, -0.2) is 0 Å². The van der Waals surface area contributed by atoms with Gasteiger partial charge in [0, 0.05) is 51.3 Å². The molecule has 0 aromatic carbocycles. The second-order valence-electron chi connectivity index (χ2n) is 15.8. The van der Waals surface area contributed by atoms with Crippen LogP contribution in [0.2, 0.25) is 0 Å². The molecular formula is C37H56N2O6. The van der Waals surface area contributed by atoms with Crippen LogP contribution in [0, 0.1) is 51.2 Å². The van der Waals surface area contributed by atoms with E-state index in [-0.39, 0.29) is 51.0 Å². The normalized spacial score (nSPS) is 40.9. The predicted molar refractivity (Wildman–Crippen MR) is 175 cm³/mol. The minimum Gasteiger partial charge on any atom is -0.462 e. The summed E-state index contributed by atoms with van der Waals surface area (Å²) in [5.74, 6) is -0.881. The fourth-order valence-electron chi connectivity index (χ4n) is 10.7. The molecule has 8 nitrogen and oxygen atoms in total. The average molecular weight is 625 g/mol. The summed E-state index contributed by atoms with van der Waals surface area (Å²) < 4.78 is 12.0. The molecule has 0 aliphatic heterocycles. The van der Waals surface area contributed by atoms with Crippen molar-refractivity contribution in [2.24, 2.45) is 56.4 Å². The topological polar surface area (TPSA) is 102 Å². The van der Waals surface area contributed by atoms with Crippen molar-refractivity contribution in [2.75, 3.05) is 14.1 Å². The van der Waals surface area contributed by atoms with Crippen molar-refractivity contribution in [2.45, 2.75) is 114 Å². The van der Waals surface area contributed by atoms with Crippen LogP contribution in [0.5, 0.6) is 0 Å². The SMILES string of the molecule is CC(=O)O[C@H]1C[C@@]2(C)[C@@H]3CC[C@H]4[C@H](C)C(=O)C=C[C@]4(C)[C@]3(C)CC[C@]2(C)[C@H]1[C@H](C)[C@@H](OC(C)=O)C(=O)/C(C)=C(C)/C=N/N(C)C. The van der Waals surface area contributed by atoms with E-state index in [1.807, 2.05) is 34.0 Å². The van der Waals surface area contributed by atoms with Gasteiger partial charge in [-0.2, -0.15) is 5.10 Å². The van der Waals surface area contributed by atoms with Crippen molar-refractivity contribution >= 4 is 29.7 Å². The van der Waals surface area contributed by atoms with Gasteiger partial charge in [0.15, 0.2) is 17.7 Å². The molecule has 0 aromatic rings. The van der Waals surface area contributed by atoms with Gasteiger partial charge in [0.2, 0.25) is 0 Å². The monoisotopic (exact) mass is 624 g/mol. The standard InChI is InChI=1S/C37H56N2O6/c1-21(20-38-39(11)12)22(2)32(43)33(45-26(6)41)24(4)31-29(44-25(5)40)19-37(10)30-14-13-27-23(3)28(42)15-16-34(27,7)35(30,8)17-18-36(31,37)9/h15-16,20,23-24,27,29-31,33H,13-14,17-19H2,1-12H3/b22-21+,38-20+/t23-,24-,27-,29-,30+,31-,33+,34-,35+,36+,37-/m0/s1. The van der Waals surface area contributed by atoms with E-state index in [4.69, 9.17) is 9.47 Å². The molecule has 4 aliphatic rings. The highest BCUT2D eigenvalue weighted by Crippen LogP contribution is 2.77. The Balaban J connectivity index is 1.80. The molecule has 4 rings (SSSR count). The number of nitrogens with zero attached hydrogens (tertiary/aromatic N) is 2. The van der Waals surface area contributed by atoms with Crippen LogP contribution in [0.1, 0.15) is 101 Å². The molecule has 0 amide bonds. The van der Waals surface area contributed by atoms with Gasteiger partial charge in [-0.05, 0) is 91.1 Å². The van der Waals surface area contributed by atoms with E-state index < -0.39 is 24.1 Å². The maximum Gasteiger partial charge on any atom is 0.303 e. The molecule has 3 fully saturated rings. The van der Waals surface area contributed by atoms with E-state index >= 15 is 0 Å². The highest BCUT2D eigenvalue weighted by Gasteiger charge is 2.73. The first kappa shape index (κ1) is 35.1. The molecule has 3 saturated carbocycles. The van der Waals surface area contributed by atoms with E-state index in [9.17, 15) is 19.2 Å². The van der Waals surface area contributed by atoms with Crippen LogP contribution < -0.4 is 0 Å². The number of carbonyl (C=O) groups excluding carboxylic acids is 4. The van der Waals surface area contributed by atoms with Gasteiger partial charge >= 0.3 is 11.9 Å². The number of hydrogen-bond acceptors (Lipinski definition) is 8. The van der Waals surface area contributed by atoms with E-state index in [1.165, 1.54) is 13.8 Å². The van der Waals surface area contributed by atoms with Crippen LogP contribution in [0.4, 0.5) is 0 Å². The molecule has 4 aliphatic carbocycles. The number of esters is 2. The number of fused-ring (bicyclic) bond motifs is 5. The lowest BCUT2D eigenvalue weighted by Gasteiger charge is -2.69. The molecule has 45 heavy (non-hydrogen) atoms. The van der Waals surface area contributed by atoms with Crippen LogP contribution in [0.15, 0.2) is 28.4 Å². The summed E-state index contributed by atoms with van der Waals surface area (Å²) in [4.78, 5) is 52.0. The zero-order valence-corrected chi connectivity index (χ0v) is 29.7. The zero-order valence-electron chi connectivity index (χ0n) is 29.7. The summed E-state index contributed by atoms with van der Waals surface area (Å²) in [6.07, 6.45) is 8.73. The third-order valence-electron chi connectivity index (χ3n) is 13.5. The quantitative estimate of drug-likeness (QED) is 0.130. The molecule has 0 bridgehead atoms. The Morgan fingerprint density at radius 2 is 1.60 bits per heavy atom. The second-order valence-corrected chi connectivity index (χ2v) is 15.8. The first-order chi connectivity index (χ1) is 20.7. The van der Waals surface area contributed by atoms with Crippen LogP contribution >= 0.6 is 0 Å². The molecule has 0 heterocycles.